The van der Waals surface area contributed by atoms with Gasteiger partial charge < -0.3 is 0 Å². The zero-order valence-corrected chi connectivity index (χ0v) is 14.3. The average molecular weight is 357 g/mol. The molecule has 0 amide bonds. The lowest BCUT2D eigenvalue weighted by molar-refractivity contribution is 0.584. The molecule has 2 rings (SSSR count). The molecule has 0 saturated heterocycles. The highest BCUT2D eigenvalue weighted by molar-refractivity contribution is 7.89. The summed E-state index contributed by atoms with van der Waals surface area (Å²) in [5.41, 5.74) is 2.56. The summed E-state index contributed by atoms with van der Waals surface area (Å²) in [7, 11) is -3.69. The van der Waals surface area contributed by atoms with Gasteiger partial charge in [-0.2, -0.15) is 13.5 Å². The first-order chi connectivity index (χ1) is 10.3. The SMILES string of the molecule is Cc1ccc(S(=O)(=O)N/N=C/c2ccc(Cl)c(Cl)c2)cc1C. The summed E-state index contributed by atoms with van der Waals surface area (Å²) in [6, 6.07) is 9.79. The normalized spacial score (nSPS) is 11.8. The average Bonchev–Trinajstić information content (AvgIpc) is 2.45. The Hall–Kier alpha value is -1.56. The lowest BCUT2D eigenvalue weighted by atomic mass is 10.1. The molecule has 0 atom stereocenters. The Bertz CT molecular complexity index is 833. The smallest absolute Gasteiger partial charge is 0.200 e. The minimum absolute atomic E-state index is 0.168. The highest BCUT2D eigenvalue weighted by atomic mass is 35.5. The van der Waals surface area contributed by atoms with E-state index in [1.165, 1.54) is 6.21 Å². The van der Waals surface area contributed by atoms with Crippen molar-refractivity contribution in [1.82, 2.24) is 4.83 Å². The van der Waals surface area contributed by atoms with Gasteiger partial charge in [-0.3, -0.25) is 0 Å². The molecule has 1 N–H and O–H groups in total. The molecule has 0 aliphatic carbocycles. The molecule has 0 heterocycles. The molecule has 0 aliphatic rings. The van der Waals surface area contributed by atoms with Gasteiger partial charge in [-0.25, -0.2) is 4.83 Å². The van der Waals surface area contributed by atoms with E-state index in [9.17, 15) is 8.42 Å². The van der Waals surface area contributed by atoms with Crippen molar-refractivity contribution >= 4 is 39.4 Å². The Kier molecular flexibility index (Phi) is 5.11. The molecule has 22 heavy (non-hydrogen) atoms. The minimum atomic E-state index is -3.69. The molecule has 0 saturated carbocycles. The van der Waals surface area contributed by atoms with Gasteiger partial charge in [0.2, 0.25) is 0 Å². The molecule has 0 spiro atoms. The van der Waals surface area contributed by atoms with E-state index in [4.69, 9.17) is 23.2 Å². The number of hydrogen-bond donors (Lipinski definition) is 1. The van der Waals surface area contributed by atoms with Crippen LogP contribution >= 0.6 is 23.2 Å². The van der Waals surface area contributed by atoms with Gasteiger partial charge in [-0.15, -0.1) is 0 Å². The summed E-state index contributed by atoms with van der Waals surface area (Å²) < 4.78 is 24.3. The number of rotatable bonds is 4. The topological polar surface area (TPSA) is 58.5 Å². The molecular weight excluding hydrogens is 343 g/mol. The van der Waals surface area contributed by atoms with Gasteiger partial charge in [0, 0.05) is 0 Å². The summed E-state index contributed by atoms with van der Waals surface area (Å²) in [6.45, 7) is 3.77. The molecule has 0 radical (unpaired) electrons. The third kappa shape index (κ3) is 4.00. The summed E-state index contributed by atoms with van der Waals surface area (Å²) >= 11 is 11.7. The molecule has 7 heteroatoms. The van der Waals surface area contributed by atoms with Crippen LogP contribution in [0.25, 0.3) is 0 Å². The fourth-order valence-electron chi connectivity index (χ4n) is 1.70. The highest BCUT2D eigenvalue weighted by Crippen LogP contribution is 2.21. The van der Waals surface area contributed by atoms with Crippen LogP contribution in [0, 0.1) is 13.8 Å². The van der Waals surface area contributed by atoms with Crippen LogP contribution in [0.15, 0.2) is 46.4 Å². The maximum atomic E-state index is 12.1. The van der Waals surface area contributed by atoms with E-state index >= 15 is 0 Å². The van der Waals surface area contributed by atoms with E-state index in [0.29, 0.717) is 15.6 Å². The molecule has 0 fully saturated rings. The van der Waals surface area contributed by atoms with Gasteiger partial charge in [-0.05, 0) is 54.8 Å². The van der Waals surface area contributed by atoms with E-state index in [2.05, 4.69) is 9.93 Å². The van der Waals surface area contributed by atoms with E-state index in [1.54, 1.807) is 36.4 Å². The van der Waals surface area contributed by atoms with Gasteiger partial charge in [0.15, 0.2) is 0 Å². The lowest BCUT2D eigenvalue weighted by Crippen LogP contribution is -2.18. The Morgan fingerprint density at radius 3 is 2.36 bits per heavy atom. The van der Waals surface area contributed by atoms with Crippen molar-refractivity contribution in [1.29, 1.82) is 0 Å². The van der Waals surface area contributed by atoms with E-state index < -0.39 is 10.0 Å². The number of halogens is 2. The minimum Gasteiger partial charge on any atom is -0.200 e. The third-order valence-electron chi connectivity index (χ3n) is 3.12. The fourth-order valence-corrected chi connectivity index (χ4v) is 2.88. The molecule has 0 aromatic heterocycles. The quantitative estimate of drug-likeness (QED) is 0.666. The highest BCUT2D eigenvalue weighted by Gasteiger charge is 2.13. The van der Waals surface area contributed by atoms with Crippen molar-refractivity contribution in [2.75, 3.05) is 0 Å². The zero-order chi connectivity index (χ0) is 16.3. The van der Waals surface area contributed by atoms with Gasteiger partial charge in [-0.1, -0.05) is 35.3 Å². The van der Waals surface area contributed by atoms with E-state index in [-0.39, 0.29) is 4.90 Å². The number of nitrogens with one attached hydrogen (secondary N) is 1. The largest absolute Gasteiger partial charge is 0.276 e. The van der Waals surface area contributed by atoms with Crippen LogP contribution in [0.5, 0.6) is 0 Å². The zero-order valence-electron chi connectivity index (χ0n) is 12.0. The Balaban J connectivity index is 2.16. The van der Waals surface area contributed by atoms with E-state index in [0.717, 1.165) is 11.1 Å². The fraction of sp³-hybridized carbons (Fsp3) is 0.133. The number of hydrazone groups is 1. The van der Waals surface area contributed by atoms with E-state index in [1.807, 2.05) is 13.8 Å². The van der Waals surface area contributed by atoms with Crippen molar-refractivity contribution in [2.24, 2.45) is 5.10 Å². The Morgan fingerprint density at radius 1 is 1.00 bits per heavy atom. The van der Waals surface area contributed by atoms with Crippen LogP contribution in [0.2, 0.25) is 10.0 Å². The first-order valence-corrected chi connectivity index (χ1v) is 8.61. The maximum Gasteiger partial charge on any atom is 0.276 e. The van der Waals surface area contributed by atoms with Gasteiger partial charge in [0.05, 0.1) is 21.2 Å². The molecule has 0 unspecified atom stereocenters. The molecule has 2 aromatic rings. The predicted molar refractivity (Wildman–Crippen MR) is 90.3 cm³/mol. The first-order valence-electron chi connectivity index (χ1n) is 6.37. The second-order valence-electron chi connectivity index (χ2n) is 4.77. The molecule has 4 nitrogen and oxygen atoms in total. The van der Waals surface area contributed by atoms with Crippen LogP contribution in [-0.4, -0.2) is 14.6 Å². The third-order valence-corrected chi connectivity index (χ3v) is 5.08. The maximum absolute atomic E-state index is 12.1. The Morgan fingerprint density at radius 2 is 1.73 bits per heavy atom. The van der Waals surface area contributed by atoms with Crippen LogP contribution < -0.4 is 4.83 Å². The summed E-state index contributed by atoms with van der Waals surface area (Å²) in [4.78, 5) is 2.34. The van der Waals surface area contributed by atoms with Gasteiger partial charge >= 0.3 is 0 Å². The van der Waals surface area contributed by atoms with Crippen molar-refractivity contribution in [3.8, 4) is 0 Å². The first kappa shape index (κ1) is 16.8. The predicted octanol–water partition coefficient (Wildman–Crippen LogP) is 3.92. The Labute approximate surface area is 139 Å². The van der Waals surface area contributed by atoms with Crippen LogP contribution in [0.3, 0.4) is 0 Å². The van der Waals surface area contributed by atoms with Crippen molar-refractivity contribution in [3.05, 3.63) is 63.1 Å². The number of benzene rings is 2. The summed E-state index contributed by atoms with van der Waals surface area (Å²) in [5.74, 6) is 0. The van der Waals surface area contributed by atoms with Crippen molar-refractivity contribution < 1.29 is 8.42 Å². The van der Waals surface area contributed by atoms with Crippen LogP contribution in [0.4, 0.5) is 0 Å². The number of hydrogen-bond acceptors (Lipinski definition) is 3. The molecular formula is C15H14Cl2N2O2S. The monoisotopic (exact) mass is 356 g/mol. The standard InChI is InChI=1S/C15H14Cl2N2O2S/c1-10-3-5-13(7-11(10)2)22(20,21)19-18-9-12-4-6-14(16)15(17)8-12/h3-9,19H,1-2H3/b18-9+. The molecule has 0 bridgehead atoms. The van der Waals surface area contributed by atoms with Gasteiger partial charge in [0.1, 0.15) is 0 Å². The van der Waals surface area contributed by atoms with Crippen LogP contribution in [0.1, 0.15) is 16.7 Å². The van der Waals surface area contributed by atoms with Crippen molar-refractivity contribution in [2.45, 2.75) is 18.7 Å². The second kappa shape index (κ2) is 6.69. The number of sulfonamides is 1. The number of aryl methyl sites for hydroxylation is 2. The van der Waals surface area contributed by atoms with Crippen LogP contribution in [-0.2, 0) is 10.0 Å². The molecule has 0 aliphatic heterocycles. The molecule has 116 valence electrons. The summed E-state index contributed by atoms with van der Waals surface area (Å²) in [6.07, 6.45) is 1.36. The van der Waals surface area contributed by atoms with Crippen molar-refractivity contribution in [3.63, 3.8) is 0 Å². The second-order valence-corrected chi connectivity index (χ2v) is 7.25. The molecule has 2 aromatic carbocycles. The number of nitrogens with zero attached hydrogens (tertiary/aromatic N) is 1. The summed E-state index contributed by atoms with van der Waals surface area (Å²) in [5, 5.41) is 4.55. The lowest BCUT2D eigenvalue weighted by Gasteiger charge is -2.06. The van der Waals surface area contributed by atoms with Gasteiger partial charge in [0.25, 0.3) is 10.0 Å².